The van der Waals surface area contributed by atoms with Gasteiger partial charge in [-0.2, -0.15) is 0 Å². The fourth-order valence-corrected chi connectivity index (χ4v) is 2.29. The third-order valence-electron chi connectivity index (χ3n) is 1.69. The molecule has 2 aromatic rings. The van der Waals surface area contributed by atoms with Crippen LogP contribution in [0.25, 0.3) is 0 Å². The van der Waals surface area contributed by atoms with Gasteiger partial charge in [-0.3, -0.25) is 0 Å². The maximum atomic E-state index is 5.84. The van der Waals surface area contributed by atoms with Crippen molar-refractivity contribution in [3.05, 3.63) is 40.4 Å². The minimum atomic E-state index is 0.434. The molecule has 0 saturated carbocycles. The largest absolute Gasteiger partial charge is 0.248 e. The molecule has 0 bridgehead atoms. The van der Waals surface area contributed by atoms with Crippen LogP contribution in [0.4, 0.5) is 0 Å². The molecule has 0 aliphatic carbocycles. The summed E-state index contributed by atoms with van der Waals surface area (Å²) in [6.07, 6.45) is 1.60. The van der Waals surface area contributed by atoms with E-state index in [1.807, 2.05) is 6.07 Å². The van der Waals surface area contributed by atoms with Gasteiger partial charge in [-0.25, -0.2) is 15.0 Å². The van der Waals surface area contributed by atoms with Crippen LogP contribution in [-0.4, -0.2) is 15.0 Å². The lowest BCUT2D eigenvalue weighted by atomic mass is 10.5. The number of hydrogen-bond acceptors (Lipinski definition) is 4. The standard InChI is InChI=1S/C10H7Cl2N3S/c1-6-14-8(12)4-10(15-6)16-9-3-2-7(11)5-13-9/h2-5H,1H3. The predicted molar refractivity (Wildman–Crippen MR) is 65.1 cm³/mol. The molecule has 16 heavy (non-hydrogen) atoms. The Hall–Kier alpha value is -0.840. The van der Waals surface area contributed by atoms with E-state index in [2.05, 4.69) is 15.0 Å². The quantitative estimate of drug-likeness (QED) is 0.782. The first-order valence-electron chi connectivity index (χ1n) is 4.44. The van der Waals surface area contributed by atoms with Crippen molar-refractivity contribution >= 4 is 35.0 Å². The van der Waals surface area contributed by atoms with E-state index >= 15 is 0 Å². The van der Waals surface area contributed by atoms with Crippen molar-refractivity contribution in [3.8, 4) is 0 Å². The smallest absolute Gasteiger partial charge is 0.133 e. The minimum absolute atomic E-state index is 0.434. The Labute approximate surface area is 107 Å². The number of halogens is 2. The molecule has 3 nitrogen and oxygen atoms in total. The molecule has 0 unspecified atom stereocenters. The van der Waals surface area contributed by atoms with Gasteiger partial charge in [0.1, 0.15) is 21.0 Å². The van der Waals surface area contributed by atoms with Crippen molar-refractivity contribution in [2.24, 2.45) is 0 Å². The van der Waals surface area contributed by atoms with Crippen LogP contribution < -0.4 is 0 Å². The molecule has 2 aromatic heterocycles. The van der Waals surface area contributed by atoms with E-state index in [-0.39, 0.29) is 0 Å². The Balaban J connectivity index is 2.23. The molecule has 0 saturated heterocycles. The Bertz CT molecular complexity index is 482. The lowest BCUT2D eigenvalue weighted by Gasteiger charge is -2.01. The van der Waals surface area contributed by atoms with Crippen LogP contribution in [0.3, 0.4) is 0 Å². The number of hydrogen-bond donors (Lipinski definition) is 0. The van der Waals surface area contributed by atoms with Crippen LogP contribution in [0.5, 0.6) is 0 Å². The fraction of sp³-hybridized carbons (Fsp3) is 0.100. The molecule has 6 heteroatoms. The first-order chi connectivity index (χ1) is 7.63. The number of rotatable bonds is 2. The lowest BCUT2D eigenvalue weighted by Crippen LogP contribution is -1.90. The van der Waals surface area contributed by atoms with Gasteiger partial charge >= 0.3 is 0 Å². The summed E-state index contributed by atoms with van der Waals surface area (Å²) in [6, 6.07) is 5.32. The molecule has 2 heterocycles. The fourth-order valence-electron chi connectivity index (χ4n) is 1.09. The molecule has 0 radical (unpaired) electrons. The highest BCUT2D eigenvalue weighted by molar-refractivity contribution is 7.99. The van der Waals surface area contributed by atoms with Gasteiger partial charge in [-0.05, 0) is 30.8 Å². The molecule has 0 aliphatic heterocycles. The van der Waals surface area contributed by atoms with Crippen molar-refractivity contribution in [1.29, 1.82) is 0 Å². The second-order valence-electron chi connectivity index (χ2n) is 2.99. The third-order valence-corrected chi connectivity index (χ3v) is 2.98. The van der Waals surface area contributed by atoms with Crippen LogP contribution in [0.15, 0.2) is 34.4 Å². The number of aryl methyl sites for hydroxylation is 1. The molecule has 82 valence electrons. The van der Waals surface area contributed by atoms with Crippen LogP contribution in [-0.2, 0) is 0 Å². The summed E-state index contributed by atoms with van der Waals surface area (Å²) in [5.41, 5.74) is 0. The van der Waals surface area contributed by atoms with Gasteiger partial charge in [-0.15, -0.1) is 0 Å². The maximum absolute atomic E-state index is 5.84. The monoisotopic (exact) mass is 271 g/mol. The summed E-state index contributed by atoms with van der Waals surface area (Å²) in [5, 5.41) is 2.64. The van der Waals surface area contributed by atoms with E-state index in [0.717, 1.165) is 10.1 Å². The summed E-state index contributed by atoms with van der Waals surface area (Å²) >= 11 is 13.0. The molecule has 0 spiro atoms. The van der Waals surface area contributed by atoms with Crippen molar-refractivity contribution in [2.75, 3.05) is 0 Å². The van der Waals surface area contributed by atoms with E-state index < -0.39 is 0 Å². The van der Waals surface area contributed by atoms with Crippen LogP contribution >= 0.6 is 35.0 Å². The van der Waals surface area contributed by atoms with E-state index in [4.69, 9.17) is 23.2 Å². The molecule has 2 rings (SSSR count). The summed E-state index contributed by atoms with van der Waals surface area (Å²) in [7, 11) is 0. The van der Waals surface area contributed by atoms with Gasteiger partial charge < -0.3 is 0 Å². The van der Waals surface area contributed by atoms with Gasteiger partial charge in [0.05, 0.1) is 5.02 Å². The molecular weight excluding hydrogens is 265 g/mol. The van der Waals surface area contributed by atoms with E-state index in [1.165, 1.54) is 11.8 Å². The highest BCUT2D eigenvalue weighted by Crippen LogP contribution is 2.26. The molecule has 0 aliphatic rings. The van der Waals surface area contributed by atoms with Crippen molar-refractivity contribution in [1.82, 2.24) is 15.0 Å². The SMILES string of the molecule is Cc1nc(Cl)cc(Sc2ccc(Cl)cn2)n1. The molecule has 0 N–H and O–H groups in total. The highest BCUT2D eigenvalue weighted by Gasteiger charge is 2.03. The Morgan fingerprint density at radius 1 is 1.12 bits per heavy atom. The molecule has 0 fully saturated rings. The normalized spacial score (nSPS) is 10.4. The zero-order valence-electron chi connectivity index (χ0n) is 8.32. The zero-order valence-corrected chi connectivity index (χ0v) is 10.6. The van der Waals surface area contributed by atoms with Gasteiger partial charge in [0.25, 0.3) is 0 Å². The van der Waals surface area contributed by atoms with Crippen LogP contribution in [0, 0.1) is 6.92 Å². The molecular formula is C10H7Cl2N3S. The van der Waals surface area contributed by atoms with Crippen LogP contribution in [0.1, 0.15) is 5.82 Å². The second kappa shape index (κ2) is 4.99. The summed E-state index contributed by atoms with van der Waals surface area (Å²) in [5.74, 6) is 0.643. The maximum Gasteiger partial charge on any atom is 0.133 e. The number of aromatic nitrogens is 3. The van der Waals surface area contributed by atoms with Crippen molar-refractivity contribution in [3.63, 3.8) is 0 Å². The van der Waals surface area contributed by atoms with Crippen LogP contribution in [0.2, 0.25) is 10.2 Å². The Morgan fingerprint density at radius 3 is 2.56 bits per heavy atom. The first kappa shape index (κ1) is 11.6. The third kappa shape index (κ3) is 3.07. The Morgan fingerprint density at radius 2 is 1.94 bits per heavy atom. The molecule has 0 amide bonds. The second-order valence-corrected chi connectivity index (χ2v) is 4.86. The number of nitrogens with zero attached hydrogens (tertiary/aromatic N) is 3. The topological polar surface area (TPSA) is 38.7 Å². The summed E-state index contributed by atoms with van der Waals surface area (Å²) in [6.45, 7) is 1.80. The van der Waals surface area contributed by atoms with E-state index in [9.17, 15) is 0 Å². The van der Waals surface area contributed by atoms with E-state index in [0.29, 0.717) is 16.0 Å². The molecule has 0 atom stereocenters. The average molecular weight is 272 g/mol. The van der Waals surface area contributed by atoms with Gasteiger partial charge in [0.2, 0.25) is 0 Å². The van der Waals surface area contributed by atoms with Crippen molar-refractivity contribution in [2.45, 2.75) is 17.0 Å². The summed E-state index contributed by atoms with van der Waals surface area (Å²) in [4.78, 5) is 12.4. The van der Waals surface area contributed by atoms with Gasteiger partial charge in [0, 0.05) is 12.3 Å². The van der Waals surface area contributed by atoms with Crippen molar-refractivity contribution < 1.29 is 0 Å². The lowest BCUT2D eigenvalue weighted by molar-refractivity contribution is 0.964. The highest BCUT2D eigenvalue weighted by atomic mass is 35.5. The predicted octanol–water partition coefficient (Wildman–Crippen LogP) is 3.64. The number of pyridine rings is 1. The van der Waals surface area contributed by atoms with E-state index in [1.54, 1.807) is 25.3 Å². The van der Waals surface area contributed by atoms with Gasteiger partial charge in [-0.1, -0.05) is 23.2 Å². The average Bonchev–Trinajstić information content (AvgIpc) is 2.20. The zero-order chi connectivity index (χ0) is 11.5. The molecule has 0 aromatic carbocycles. The van der Waals surface area contributed by atoms with Gasteiger partial charge in [0.15, 0.2) is 0 Å². The Kier molecular flexibility index (Phi) is 3.63. The first-order valence-corrected chi connectivity index (χ1v) is 6.01. The minimum Gasteiger partial charge on any atom is -0.248 e. The summed E-state index contributed by atoms with van der Waals surface area (Å²) < 4.78 is 0.